The summed E-state index contributed by atoms with van der Waals surface area (Å²) in [6, 6.07) is 4.84. The minimum Gasteiger partial charge on any atom is -0.464 e. The highest BCUT2D eigenvalue weighted by Gasteiger charge is 2.36. The lowest BCUT2D eigenvalue weighted by Gasteiger charge is -2.28. The van der Waals surface area contributed by atoms with Gasteiger partial charge in [0, 0.05) is 18.5 Å². The quantitative estimate of drug-likeness (QED) is 0.820. The van der Waals surface area contributed by atoms with Crippen LogP contribution in [0.3, 0.4) is 0 Å². The fourth-order valence-corrected chi connectivity index (χ4v) is 2.77. The zero-order valence-electron chi connectivity index (χ0n) is 12.9. The van der Waals surface area contributed by atoms with Crippen LogP contribution in [0, 0.1) is 11.8 Å². The van der Waals surface area contributed by atoms with Gasteiger partial charge in [0.25, 0.3) is 0 Å². The second-order valence-corrected chi connectivity index (χ2v) is 6.53. The van der Waals surface area contributed by atoms with Crippen molar-refractivity contribution in [1.82, 2.24) is 10.2 Å². The molecule has 19 heavy (non-hydrogen) atoms. The van der Waals surface area contributed by atoms with E-state index in [1.54, 1.807) is 0 Å². The average molecular weight is 264 g/mol. The Balaban J connectivity index is 1.77. The number of nitrogens with one attached hydrogen (secondary N) is 1. The van der Waals surface area contributed by atoms with Gasteiger partial charge in [0.15, 0.2) is 0 Å². The zero-order chi connectivity index (χ0) is 14.0. The Bertz CT molecular complexity index is 389. The van der Waals surface area contributed by atoms with Crippen LogP contribution in [0.2, 0.25) is 0 Å². The molecule has 3 heteroatoms. The van der Waals surface area contributed by atoms with Crippen LogP contribution < -0.4 is 5.32 Å². The van der Waals surface area contributed by atoms with E-state index in [0.29, 0.717) is 17.9 Å². The summed E-state index contributed by atoms with van der Waals surface area (Å²) >= 11 is 0. The summed E-state index contributed by atoms with van der Waals surface area (Å²) in [7, 11) is 4.29. The van der Waals surface area contributed by atoms with Gasteiger partial charge in [-0.2, -0.15) is 0 Å². The van der Waals surface area contributed by atoms with Crippen LogP contribution in [0.15, 0.2) is 16.5 Å². The third-order valence-electron chi connectivity index (χ3n) is 4.24. The number of likely N-dealkylation sites (N-methyl/N-ethyl adjacent to an activating group) is 1. The first-order chi connectivity index (χ1) is 8.99. The minimum absolute atomic E-state index is 0.567. The Hall–Kier alpha value is -0.800. The van der Waals surface area contributed by atoms with Gasteiger partial charge >= 0.3 is 0 Å². The number of nitrogens with zero attached hydrogens (tertiary/aromatic N) is 1. The Morgan fingerprint density at radius 3 is 2.58 bits per heavy atom. The van der Waals surface area contributed by atoms with Gasteiger partial charge in [-0.1, -0.05) is 20.8 Å². The van der Waals surface area contributed by atoms with Crippen molar-refractivity contribution >= 4 is 0 Å². The van der Waals surface area contributed by atoms with E-state index in [2.05, 4.69) is 57.2 Å². The second kappa shape index (κ2) is 6.10. The average Bonchev–Trinajstić information content (AvgIpc) is 2.88. The van der Waals surface area contributed by atoms with Crippen LogP contribution in [0.1, 0.15) is 44.6 Å². The predicted molar refractivity (Wildman–Crippen MR) is 79.2 cm³/mol. The minimum atomic E-state index is 0.567. The molecular weight excluding hydrogens is 236 g/mol. The second-order valence-electron chi connectivity index (χ2n) is 6.53. The van der Waals surface area contributed by atoms with E-state index < -0.39 is 0 Å². The smallest absolute Gasteiger partial charge is 0.117 e. The molecule has 0 amide bonds. The van der Waals surface area contributed by atoms with Crippen LogP contribution in [0.5, 0.6) is 0 Å². The molecule has 1 saturated carbocycles. The van der Waals surface area contributed by atoms with Crippen LogP contribution in [0.4, 0.5) is 0 Å². The zero-order valence-corrected chi connectivity index (χ0v) is 12.9. The Morgan fingerprint density at radius 1 is 1.37 bits per heavy atom. The van der Waals surface area contributed by atoms with Crippen molar-refractivity contribution in [2.24, 2.45) is 11.8 Å². The molecule has 3 atom stereocenters. The van der Waals surface area contributed by atoms with Gasteiger partial charge in [-0.25, -0.2) is 0 Å². The highest BCUT2D eigenvalue weighted by atomic mass is 16.3. The lowest BCUT2D eigenvalue weighted by Crippen LogP contribution is -2.41. The standard InChI is InChI=1S/C16H28N2O/c1-11(2)15(18(4)5)10-17-9-13-6-7-16(19-13)14-8-12(14)3/h6-7,11-12,14-15,17H,8-10H2,1-5H3. The van der Waals surface area contributed by atoms with E-state index in [1.165, 1.54) is 12.2 Å². The largest absolute Gasteiger partial charge is 0.464 e. The van der Waals surface area contributed by atoms with Gasteiger partial charge in [0.05, 0.1) is 6.54 Å². The van der Waals surface area contributed by atoms with Gasteiger partial charge in [0.2, 0.25) is 0 Å². The fraction of sp³-hybridized carbons (Fsp3) is 0.750. The van der Waals surface area contributed by atoms with E-state index in [-0.39, 0.29) is 0 Å². The normalized spacial score (nSPS) is 24.2. The first kappa shape index (κ1) is 14.6. The van der Waals surface area contributed by atoms with Crippen molar-refractivity contribution in [1.29, 1.82) is 0 Å². The molecule has 1 N–H and O–H groups in total. The van der Waals surface area contributed by atoms with Crippen LogP contribution in [0.25, 0.3) is 0 Å². The van der Waals surface area contributed by atoms with Gasteiger partial charge in [-0.05, 0) is 44.5 Å². The number of furan rings is 1. The molecule has 0 saturated heterocycles. The molecule has 1 aliphatic carbocycles. The maximum atomic E-state index is 5.90. The molecule has 2 rings (SSSR count). The Labute approximate surface area is 117 Å². The lowest BCUT2D eigenvalue weighted by molar-refractivity contribution is 0.222. The molecule has 1 aromatic heterocycles. The summed E-state index contributed by atoms with van der Waals surface area (Å²) in [6.45, 7) is 8.66. The Kier molecular flexibility index (Phi) is 4.69. The summed E-state index contributed by atoms with van der Waals surface area (Å²) < 4.78 is 5.90. The highest BCUT2D eigenvalue weighted by Crippen LogP contribution is 2.47. The molecule has 108 valence electrons. The van der Waals surface area contributed by atoms with Crippen molar-refractivity contribution in [3.8, 4) is 0 Å². The highest BCUT2D eigenvalue weighted by molar-refractivity contribution is 5.17. The maximum absolute atomic E-state index is 5.90. The summed E-state index contributed by atoms with van der Waals surface area (Å²) in [6.07, 6.45) is 1.29. The summed E-state index contributed by atoms with van der Waals surface area (Å²) in [5.41, 5.74) is 0. The fourth-order valence-electron chi connectivity index (χ4n) is 2.77. The van der Waals surface area contributed by atoms with Gasteiger partial charge < -0.3 is 14.6 Å². The molecular formula is C16H28N2O. The molecule has 1 aliphatic rings. The van der Waals surface area contributed by atoms with Crippen LogP contribution in [-0.4, -0.2) is 31.6 Å². The molecule has 1 aromatic rings. The van der Waals surface area contributed by atoms with Crippen molar-refractivity contribution in [3.05, 3.63) is 23.7 Å². The number of hydrogen-bond acceptors (Lipinski definition) is 3. The molecule has 1 heterocycles. The van der Waals surface area contributed by atoms with E-state index in [0.717, 1.165) is 24.8 Å². The molecule has 1 fully saturated rings. The number of hydrogen-bond donors (Lipinski definition) is 1. The summed E-state index contributed by atoms with van der Waals surface area (Å²) in [5.74, 6) is 4.39. The molecule has 3 nitrogen and oxygen atoms in total. The number of rotatable bonds is 7. The maximum Gasteiger partial charge on any atom is 0.117 e. The first-order valence-electron chi connectivity index (χ1n) is 7.44. The third kappa shape index (κ3) is 3.83. The van der Waals surface area contributed by atoms with Crippen LogP contribution >= 0.6 is 0 Å². The van der Waals surface area contributed by atoms with Gasteiger partial charge in [0.1, 0.15) is 11.5 Å². The van der Waals surface area contributed by atoms with E-state index in [9.17, 15) is 0 Å². The lowest BCUT2D eigenvalue weighted by atomic mass is 10.0. The monoisotopic (exact) mass is 264 g/mol. The van der Waals surface area contributed by atoms with Crippen LogP contribution in [-0.2, 0) is 6.54 Å². The SMILES string of the molecule is CC(C)C(CNCc1ccc(C2CC2C)o1)N(C)C. The Morgan fingerprint density at radius 2 is 2.05 bits per heavy atom. The third-order valence-corrected chi connectivity index (χ3v) is 4.24. The molecule has 3 unspecified atom stereocenters. The van der Waals surface area contributed by atoms with Gasteiger partial charge in [-0.15, -0.1) is 0 Å². The van der Waals surface area contributed by atoms with Crippen molar-refractivity contribution in [3.63, 3.8) is 0 Å². The van der Waals surface area contributed by atoms with Gasteiger partial charge in [-0.3, -0.25) is 0 Å². The van der Waals surface area contributed by atoms with Crippen molar-refractivity contribution < 1.29 is 4.42 Å². The summed E-state index contributed by atoms with van der Waals surface area (Å²) in [4.78, 5) is 2.29. The molecule has 0 aliphatic heterocycles. The first-order valence-corrected chi connectivity index (χ1v) is 7.44. The molecule has 0 bridgehead atoms. The molecule has 0 aromatic carbocycles. The van der Waals surface area contributed by atoms with Crippen molar-refractivity contribution in [2.45, 2.75) is 45.7 Å². The topological polar surface area (TPSA) is 28.4 Å². The molecule has 0 radical (unpaired) electrons. The predicted octanol–water partition coefficient (Wildman–Crippen LogP) is 3.08. The van der Waals surface area contributed by atoms with E-state index in [4.69, 9.17) is 4.42 Å². The summed E-state index contributed by atoms with van der Waals surface area (Å²) in [5, 5.41) is 3.51. The van der Waals surface area contributed by atoms with E-state index >= 15 is 0 Å². The molecule has 0 spiro atoms. The van der Waals surface area contributed by atoms with E-state index in [1.807, 2.05) is 0 Å². The van der Waals surface area contributed by atoms with Crippen molar-refractivity contribution in [2.75, 3.05) is 20.6 Å².